The van der Waals surface area contributed by atoms with E-state index in [0.717, 1.165) is 17.0 Å². The summed E-state index contributed by atoms with van der Waals surface area (Å²) in [5, 5.41) is 10.5. The monoisotopic (exact) mass is 335 g/mol. The van der Waals surface area contributed by atoms with Crippen molar-refractivity contribution in [3.8, 4) is 0 Å². The maximum absolute atomic E-state index is 12.7. The Kier molecular flexibility index (Phi) is 4.49. The molecule has 1 aliphatic rings. The van der Waals surface area contributed by atoms with Crippen molar-refractivity contribution in [2.45, 2.75) is 19.9 Å². The molecule has 0 spiro atoms. The van der Waals surface area contributed by atoms with Gasteiger partial charge in [-0.25, -0.2) is 4.79 Å². The first kappa shape index (κ1) is 15.8. The van der Waals surface area contributed by atoms with Crippen LogP contribution in [0.4, 0.5) is 10.5 Å². The highest BCUT2D eigenvalue weighted by atomic mass is 35.5. The van der Waals surface area contributed by atoms with Gasteiger partial charge in [0.05, 0.1) is 41.9 Å². The fourth-order valence-electron chi connectivity index (χ4n) is 2.81. The predicted molar refractivity (Wildman–Crippen MR) is 86.6 cm³/mol. The lowest BCUT2D eigenvalue weighted by Crippen LogP contribution is -2.45. The van der Waals surface area contributed by atoms with Gasteiger partial charge < -0.3 is 15.0 Å². The number of nitrogens with one attached hydrogen (secondary N) is 2. The number of rotatable bonds is 2. The molecule has 1 aliphatic heterocycles. The van der Waals surface area contributed by atoms with Crippen LogP contribution in [0.3, 0.4) is 0 Å². The molecule has 0 bridgehead atoms. The summed E-state index contributed by atoms with van der Waals surface area (Å²) in [7, 11) is 0. The van der Waals surface area contributed by atoms with E-state index in [9.17, 15) is 4.79 Å². The minimum absolute atomic E-state index is 0.172. The van der Waals surface area contributed by atoms with E-state index in [1.165, 1.54) is 6.20 Å². The average Bonchev–Trinajstić information content (AvgIpc) is 2.86. The van der Waals surface area contributed by atoms with Crippen molar-refractivity contribution < 1.29 is 9.53 Å². The van der Waals surface area contributed by atoms with Gasteiger partial charge in [-0.1, -0.05) is 11.6 Å². The number of hydrogen-bond acceptors (Lipinski definition) is 4. The van der Waals surface area contributed by atoms with Crippen LogP contribution in [0.1, 0.15) is 23.0 Å². The summed E-state index contributed by atoms with van der Waals surface area (Å²) in [5.41, 5.74) is 3.39. The molecule has 1 atom stereocenters. The number of urea groups is 1. The number of nitrogens with zero attached hydrogens (tertiary/aromatic N) is 3. The molecule has 0 saturated carbocycles. The molecule has 2 amide bonds. The smallest absolute Gasteiger partial charge is 0.322 e. The van der Waals surface area contributed by atoms with E-state index in [1.54, 1.807) is 17.2 Å². The van der Waals surface area contributed by atoms with Crippen molar-refractivity contribution >= 4 is 23.3 Å². The van der Waals surface area contributed by atoms with E-state index in [2.05, 4.69) is 20.5 Å². The van der Waals surface area contributed by atoms with Crippen LogP contribution in [-0.4, -0.2) is 45.9 Å². The lowest BCUT2D eigenvalue weighted by molar-refractivity contribution is 0.0143. The van der Waals surface area contributed by atoms with Crippen LogP contribution >= 0.6 is 11.6 Å². The second kappa shape index (κ2) is 6.55. The number of carbonyl (C=O) groups excluding carboxylic acids is 1. The Morgan fingerprint density at radius 1 is 1.48 bits per heavy atom. The minimum Gasteiger partial charge on any atom is -0.377 e. The maximum atomic E-state index is 12.7. The molecule has 1 saturated heterocycles. The first-order valence-corrected chi connectivity index (χ1v) is 7.71. The van der Waals surface area contributed by atoms with Crippen LogP contribution in [0.25, 0.3) is 0 Å². The zero-order valence-electron chi connectivity index (χ0n) is 13.0. The van der Waals surface area contributed by atoms with Crippen molar-refractivity contribution in [1.29, 1.82) is 0 Å². The second-order valence-corrected chi connectivity index (χ2v) is 5.89. The number of H-pyrrole nitrogens is 1. The van der Waals surface area contributed by atoms with E-state index in [4.69, 9.17) is 16.3 Å². The van der Waals surface area contributed by atoms with Crippen molar-refractivity contribution in [1.82, 2.24) is 20.1 Å². The van der Waals surface area contributed by atoms with Crippen molar-refractivity contribution in [3.05, 3.63) is 40.4 Å². The summed E-state index contributed by atoms with van der Waals surface area (Å²) in [6.07, 6.45) is 3.08. The quantitative estimate of drug-likeness (QED) is 0.883. The van der Waals surface area contributed by atoms with Crippen molar-refractivity contribution in [2.24, 2.45) is 0 Å². The highest BCUT2D eigenvalue weighted by Crippen LogP contribution is 2.29. The average molecular weight is 336 g/mol. The van der Waals surface area contributed by atoms with Gasteiger partial charge in [-0.15, -0.1) is 0 Å². The van der Waals surface area contributed by atoms with Gasteiger partial charge >= 0.3 is 6.03 Å². The molecule has 2 aromatic heterocycles. The summed E-state index contributed by atoms with van der Waals surface area (Å²) in [5.74, 6) is 0. The number of amides is 2. The number of pyridine rings is 1. The number of anilines is 1. The number of hydrogen-bond donors (Lipinski definition) is 2. The molecule has 122 valence electrons. The third kappa shape index (κ3) is 3.30. The van der Waals surface area contributed by atoms with Crippen molar-refractivity contribution in [2.75, 3.05) is 25.1 Å². The fraction of sp³-hybridized carbons (Fsp3) is 0.400. The van der Waals surface area contributed by atoms with Gasteiger partial charge in [-0.05, 0) is 19.9 Å². The largest absolute Gasteiger partial charge is 0.377 e. The minimum atomic E-state index is -0.206. The van der Waals surface area contributed by atoms with Gasteiger partial charge in [0.1, 0.15) is 0 Å². The number of carbonyl (C=O) groups is 1. The van der Waals surface area contributed by atoms with Crippen LogP contribution in [0.15, 0.2) is 18.5 Å². The normalized spacial score (nSPS) is 18.0. The topological polar surface area (TPSA) is 83.1 Å². The predicted octanol–water partition coefficient (Wildman–Crippen LogP) is 2.68. The number of halogens is 1. The van der Waals surface area contributed by atoms with Crippen LogP contribution in [0.5, 0.6) is 0 Å². The van der Waals surface area contributed by atoms with E-state index in [1.807, 2.05) is 13.8 Å². The second-order valence-electron chi connectivity index (χ2n) is 5.45. The Morgan fingerprint density at radius 3 is 3.00 bits per heavy atom. The molecule has 8 heteroatoms. The summed E-state index contributed by atoms with van der Waals surface area (Å²) < 4.78 is 5.57. The Bertz CT molecular complexity index is 698. The molecular formula is C15H18ClN5O2. The van der Waals surface area contributed by atoms with Gasteiger partial charge in [0, 0.05) is 24.0 Å². The van der Waals surface area contributed by atoms with Crippen LogP contribution in [0.2, 0.25) is 5.02 Å². The molecule has 2 N–H and O–H groups in total. The van der Waals surface area contributed by atoms with Gasteiger partial charge in [0.25, 0.3) is 0 Å². The van der Waals surface area contributed by atoms with E-state index in [0.29, 0.717) is 30.5 Å². The Morgan fingerprint density at radius 2 is 2.30 bits per heavy atom. The highest BCUT2D eigenvalue weighted by Gasteiger charge is 2.32. The number of ether oxygens (including phenoxy) is 1. The highest BCUT2D eigenvalue weighted by molar-refractivity contribution is 6.30. The number of morpholine rings is 1. The van der Waals surface area contributed by atoms with Gasteiger partial charge in [-0.2, -0.15) is 5.10 Å². The summed E-state index contributed by atoms with van der Waals surface area (Å²) in [6, 6.07) is 1.29. The third-order valence-corrected chi connectivity index (χ3v) is 4.07. The molecule has 7 nitrogen and oxygen atoms in total. The van der Waals surface area contributed by atoms with Gasteiger partial charge in [-0.3, -0.25) is 10.1 Å². The van der Waals surface area contributed by atoms with E-state index < -0.39 is 0 Å². The van der Waals surface area contributed by atoms with E-state index in [-0.39, 0.29) is 12.1 Å². The first-order valence-electron chi connectivity index (χ1n) is 7.33. The van der Waals surface area contributed by atoms with Gasteiger partial charge in [0.15, 0.2) is 0 Å². The molecule has 2 aromatic rings. The Hall–Kier alpha value is -2.12. The fourth-order valence-corrected chi connectivity index (χ4v) is 2.99. The molecule has 3 rings (SSSR count). The van der Waals surface area contributed by atoms with Crippen LogP contribution < -0.4 is 5.32 Å². The molecule has 0 radical (unpaired) electrons. The summed E-state index contributed by atoms with van der Waals surface area (Å²) in [4.78, 5) is 18.4. The number of aryl methyl sites for hydroxylation is 2. The first-order chi connectivity index (χ1) is 11.1. The number of aromatic amines is 1. The van der Waals surface area contributed by atoms with E-state index >= 15 is 0 Å². The zero-order chi connectivity index (χ0) is 16.4. The summed E-state index contributed by atoms with van der Waals surface area (Å²) >= 11 is 5.91. The molecule has 1 unspecified atom stereocenters. The van der Waals surface area contributed by atoms with Crippen molar-refractivity contribution in [3.63, 3.8) is 0 Å². The zero-order valence-corrected chi connectivity index (χ0v) is 13.7. The standard InChI is InChI=1S/C15H18ClN5O2/c1-9-14(10(2)20-19-9)13-8-23-4-3-21(13)15(22)18-12-5-11(16)6-17-7-12/h5-7,13H,3-4,8H2,1-2H3,(H,18,22)(H,19,20). The third-order valence-electron chi connectivity index (χ3n) is 3.86. The van der Waals surface area contributed by atoms with Crippen LogP contribution in [-0.2, 0) is 4.74 Å². The lowest BCUT2D eigenvalue weighted by atomic mass is 10.0. The Balaban J connectivity index is 1.82. The SMILES string of the molecule is Cc1n[nH]c(C)c1C1COCCN1C(=O)Nc1cncc(Cl)c1. The molecule has 1 fully saturated rings. The molecule has 0 aromatic carbocycles. The Labute approximate surface area is 139 Å². The molecule has 0 aliphatic carbocycles. The maximum Gasteiger partial charge on any atom is 0.322 e. The number of aromatic nitrogens is 3. The summed E-state index contributed by atoms with van der Waals surface area (Å²) in [6.45, 7) is 5.33. The molecule has 23 heavy (non-hydrogen) atoms. The lowest BCUT2D eigenvalue weighted by Gasteiger charge is -2.35. The molecule has 3 heterocycles. The van der Waals surface area contributed by atoms with Gasteiger partial charge in [0.2, 0.25) is 0 Å². The molecular weight excluding hydrogens is 318 g/mol. The van der Waals surface area contributed by atoms with Crippen LogP contribution in [0, 0.1) is 13.8 Å².